The van der Waals surface area contributed by atoms with Gasteiger partial charge in [-0.25, -0.2) is 0 Å². The van der Waals surface area contributed by atoms with Crippen molar-refractivity contribution >= 4 is 0 Å². The monoisotopic (exact) mass is 254 g/mol. The fourth-order valence-corrected chi connectivity index (χ4v) is 3.28. The van der Waals surface area contributed by atoms with E-state index in [0.29, 0.717) is 12.8 Å². The summed E-state index contributed by atoms with van der Waals surface area (Å²) in [5.41, 5.74) is 3.39. The summed E-state index contributed by atoms with van der Waals surface area (Å²) in [5, 5.41) is 21.6. The predicted octanol–water partition coefficient (Wildman–Crippen LogP) is 1.81. The van der Waals surface area contributed by atoms with Crippen LogP contribution in [-0.2, 0) is 29.2 Å². The topological polar surface area (TPSA) is 49.7 Å². The second kappa shape index (κ2) is 3.45. The SMILES string of the molecule is OC12Cc3ccccc3C(O)(Cc3ccccc31)O2. The summed E-state index contributed by atoms with van der Waals surface area (Å²) in [7, 11) is 0. The Kier molecular flexibility index (Phi) is 2.03. The van der Waals surface area contributed by atoms with Gasteiger partial charge < -0.3 is 14.9 Å². The molecule has 3 nitrogen and oxygen atoms in total. The molecular formula is C16H14O3. The summed E-state index contributed by atoms with van der Waals surface area (Å²) in [6.07, 6.45) is 0.727. The predicted molar refractivity (Wildman–Crippen MR) is 69.2 cm³/mol. The minimum absolute atomic E-state index is 0.364. The lowest BCUT2D eigenvalue weighted by Crippen LogP contribution is -2.52. The summed E-state index contributed by atoms with van der Waals surface area (Å²) in [6.45, 7) is 0. The van der Waals surface area contributed by atoms with Crippen molar-refractivity contribution in [3.63, 3.8) is 0 Å². The van der Waals surface area contributed by atoms with E-state index in [1.165, 1.54) is 0 Å². The van der Waals surface area contributed by atoms with Crippen LogP contribution in [-0.4, -0.2) is 10.2 Å². The molecule has 2 aromatic rings. The normalized spacial score (nSPS) is 31.5. The standard InChI is InChI=1S/C16H14O3/c17-15-9-11-5-1-3-7-13(11)16(18,19-15)10-12-6-2-4-8-14(12)15/h1-8,17-18H,9-10H2. The minimum Gasteiger partial charge on any atom is -0.361 e. The highest BCUT2D eigenvalue weighted by Crippen LogP contribution is 2.49. The molecule has 2 unspecified atom stereocenters. The summed E-state index contributed by atoms with van der Waals surface area (Å²) < 4.78 is 5.66. The molecule has 3 heteroatoms. The molecule has 96 valence electrons. The lowest BCUT2D eigenvalue weighted by Gasteiger charge is -2.48. The number of hydrogen-bond donors (Lipinski definition) is 2. The molecule has 0 saturated heterocycles. The zero-order valence-electron chi connectivity index (χ0n) is 10.3. The van der Waals surface area contributed by atoms with Gasteiger partial charge in [0.25, 0.3) is 0 Å². The molecule has 0 fully saturated rings. The van der Waals surface area contributed by atoms with Gasteiger partial charge >= 0.3 is 0 Å². The molecule has 2 atom stereocenters. The van der Waals surface area contributed by atoms with Crippen LogP contribution in [0.1, 0.15) is 22.3 Å². The quantitative estimate of drug-likeness (QED) is 0.753. The van der Waals surface area contributed by atoms with E-state index in [9.17, 15) is 10.2 Å². The van der Waals surface area contributed by atoms with Crippen molar-refractivity contribution < 1.29 is 14.9 Å². The smallest absolute Gasteiger partial charge is 0.200 e. The Morgan fingerprint density at radius 1 is 0.737 bits per heavy atom. The van der Waals surface area contributed by atoms with E-state index >= 15 is 0 Å². The summed E-state index contributed by atoms with van der Waals surface area (Å²) in [5.74, 6) is -2.87. The van der Waals surface area contributed by atoms with Gasteiger partial charge in [0.1, 0.15) is 0 Å². The first-order chi connectivity index (χ1) is 9.11. The lowest BCUT2D eigenvalue weighted by molar-refractivity contribution is -0.365. The van der Waals surface area contributed by atoms with E-state index in [0.717, 1.165) is 22.3 Å². The number of rotatable bonds is 0. The molecular weight excluding hydrogens is 240 g/mol. The van der Waals surface area contributed by atoms with Crippen LogP contribution in [0.2, 0.25) is 0 Å². The van der Waals surface area contributed by atoms with Crippen molar-refractivity contribution in [2.75, 3.05) is 0 Å². The van der Waals surface area contributed by atoms with Gasteiger partial charge in [0.05, 0.1) is 0 Å². The van der Waals surface area contributed by atoms with Gasteiger partial charge in [0, 0.05) is 24.0 Å². The largest absolute Gasteiger partial charge is 0.361 e. The van der Waals surface area contributed by atoms with Crippen LogP contribution >= 0.6 is 0 Å². The number of ether oxygens (including phenoxy) is 1. The lowest BCUT2D eigenvalue weighted by atomic mass is 9.78. The average Bonchev–Trinajstić information content (AvgIpc) is 2.38. The van der Waals surface area contributed by atoms with Gasteiger partial charge in [0.2, 0.25) is 0 Å². The average molecular weight is 254 g/mol. The molecule has 19 heavy (non-hydrogen) atoms. The van der Waals surface area contributed by atoms with Crippen molar-refractivity contribution in [1.29, 1.82) is 0 Å². The van der Waals surface area contributed by atoms with Gasteiger partial charge in [0.15, 0.2) is 11.6 Å². The minimum atomic E-state index is -1.43. The number of aliphatic hydroxyl groups is 2. The van der Waals surface area contributed by atoms with Gasteiger partial charge in [-0.1, -0.05) is 48.5 Å². The Labute approximate surface area is 111 Å². The Balaban J connectivity index is 1.98. The van der Waals surface area contributed by atoms with Crippen LogP contribution in [0, 0.1) is 0 Å². The third kappa shape index (κ3) is 1.43. The zero-order chi connectivity index (χ0) is 13.1. The van der Waals surface area contributed by atoms with Crippen LogP contribution in [0.4, 0.5) is 0 Å². The van der Waals surface area contributed by atoms with Gasteiger partial charge in [-0.3, -0.25) is 0 Å². The van der Waals surface area contributed by atoms with Crippen LogP contribution < -0.4 is 0 Å². The van der Waals surface area contributed by atoms with E-state index in [2.05, 4.69) is 0 Å². The van der Waals surface area contributed by atoms with Crippen molar-refractivity contribution in [2.45, 2.75) is 24.4 Å². The maximum absolute atomic E-state index is 10.8. The molecule has 0 aromatic heterocycles. The zero-order valence-corrected chi connectivity index (χ0v) is 10.3. The molecule has 2 bridgehead atoms. The highest BCUT2D eigenvalue weighted by molar-refractivity contribution is 5.43. The molecule has 0 aliphatic carbocycles. The second-order valence-corrected chi connectivity index (χ2v) is 5.34. The molecule has 0 saturated carbocycles. The van der Waals surface area contributed by atoms with Crippen molar-refractivity contribution in [3.8, 4) is 0 Å². The second-order valence-electron chi connectivity index (χ2n) is 5.34. The van der Waals surface area contributed by atoms with Crippen LogP contribution in [0.15, 0.2) is 48.5 Å². The van der Waals surface area contributed by atoms with E-state index in [-0.39, 0.29) is 0 Å². The first-order valence-corrected chi connectivity index (χ1v) is 6.42. The number of benzene rings is 2. The van der Waals surface area contributed by atoms with E-state index in [1.54, 1.807) is 0 Å². The van der Waals surface area contributed by atoms with E-state index in [1.807, 2.05) is 48.5 Å². The molecule has 4 rings (SSSR count). The third-order valence-corrected chi connectivity index (χ3v) is 4.07. The molecule has 2 heterocycles. The molecule has 2 aliphatic heterocycles. The Hall–Kier alpha value is -1.68. The number of hydrogen-bond acceptors (Lipinski definition) is 3. The molecule has 2 aliphatic rings. The van der Waals surface area contributed by atoms with Crippen molar-refractivity contribution in [2.24, 2.45) is 0 Å². The van der Waals surface area contributed by atoms with Crippen LogP contribution in [0.25, 0.3) is 0 Å². The van der Waals surface area contributed by atoms with Gasteiger partial charge in [-0.2, -0.15) is 0 Å². The summed E-state index contributed by atoms with van der Waals surface area (Å²) >= 11 is 0. The molecule has 2 N–H and O–H groups in total. The molecule has 2 aromatic carbocycles. The van der Waals surface area contributed by atoms with Gasteiger partial charge in [-0.15, -0.1) is 0 Å². The Morgan fingerprint density at radius 2 is 1.16 bits per heavy atom. The molecule has 0 amide bonds. The van der Waals surface area contributed by atoms with E-state index < -0.39 is 11.6 Å². The highest BCUT2D eigenvalue weighted by Gasteiger charge is 2.52. The van der Waals surface area contributed by atoms with Gasteiger partial charge in [-0.05, 0) is 11.1 Å². The van der Waals surface area contributed by atoms with Crippen LogP contribution in [0.5, 0.6) is 0 Å². The first kappa shape index (κ1) is 11.2. The number of fused-ring (bicyclic) bond motifs is 6. The fourth-order valence-electron chi connectivity index (χ4n) is 3.28. The molecule has 0 radical (unpaired) electrons. The maximum atomic E-state index is 10.8. The summed E-state index contributed by atoms with van der Waals surface area (Å²) in [6, 6.07) is 15.2. The van der Waals surface area contributed by atoms with Crippen molar-refractivity contribution in [1.82, 2.24) is 0 Å². The first-order valence-electron chi connectivity index (χ1n) is 6.42. The summed E-state index contributed by atoms with van der Waals surface area (Å²) in [4.78, 5) is 0. The highest BCUT2D eigenvalue weighted by atomic mass is 16.7. The third-order valence-electron chi connectivity index (χ3n) is 4.07. The van der Waals surface area contributed by atoms with Crippen molar-refractivity contribution in [3.05, 3.63) is 70.8 Å². The van der Waals surface area contributed by atoms with E-state index in [4.69, 9.17) is 4.74 Å². The fraction of sp³-hybridized carbons (Fsp3) is 0.250. The molecule has 0 spiro atoms. The Morgan fingerprint density at radius 3 is 1.63 bits per heavy atom. The Bertz CT molecular complexity index is 609. The maximum Gasteiger partial charge on any atom is 0.200 e. The van der Waals surface area contributed by atoms with Crippen LogP contribution in [0.3, 0.4) is 0 Å².